The average molecular weight is 298 g/mol. The van der Waals surface area contributed by atoms with Crippen LogP contribution in [0.1, 0.15) is 31.9 Å². The van der Waals surface area contributed by atoms with Gasteiger partial charge in [0.25, 0.3) is 0 Å². The highest BCUT2D eigenvalue weighted by Gasteiger charge is 2.18. The van der Waals surface area contributed by atoms with E-state index in [9.17, 15) is 4.79 Å². The first-order valence-electron chi connectivity index (χ1n) is 5.30. The van der Waals surface area contributed by atoms with Gasteiger partial charge in [-0.3, -0.25) is 0 Å². The number of carbonyl (C=O) groups excluding carboxylic acids is 1. The van der Waals surface area contributed by atoms with E-state index in [4.69, 9.17) is 4.74 Å². The molecular weight excluding hydrogens is 282 g/mol. The van der Waals surface area contributed by atoms with Crippen LogP contribution in [0, 0.1) is 0 Å². The molecule has 0 aliphatic rings. The molecule has 0 heterocycles. The van der Waals surface area contributed by atoms with Crippen LogP contribution in [0.15, 0.2) is 21.6 Å². The summed E-state index contributed by atoms with van der Waals surface area (Å²) in [6.07, 6.45) is 1.55. The molecule has 0 bridgehead atoms. The maximum absolute atomic E-state index is 10.2. The smallest absolute Gasteiger partial charge is 0.235 e. The third-order valence-electron chi connectivity index (χ3n) is 2.50. The highest BCUT2D eigenvalue weighted by molar-refractivity contribution is 9.10. The molecule has 0 radical (unpaired) electrons. The molecule has 4 heteroatoms. The second-order valence-electron chi connectivity index (χ2n) is 4.81. The molecule has 0 saturated carbocycles. The van der Waals surface area contributed by atoms with E-state index < -0.39 is 0 Å². The van der Waals surface area contributed by atoms with Crippen molar-refractivity contribution in [2.75, 3.05) is 7.11 Å². The topological polar surface area (TPSA) is 38.7 Å². The van der Waals surface area contributed by atoms with Crippen LogP contribution in [0.5, 0.6) is 5.75 Å². The molecule has 0 aliphatic heterocycles. The third-order valence-corrected chi connectivity index (χ3v) is 3.09. The molecule has 0 unspecified atom stereocenters. The van der Waals surface area contributed by atoms with Gasteiger partial charge in [-0.1, -0.05) is 20.8 Å². The van der Waals surface area contributed by atoms with E-state index in [1.54, 1.807) is 13.2 Å². The molecule has 0 N–H and O–H groups in total. The van der Waals surface area contributed by atoms with E-state index in [2.05, 4.69) is 41.7 Å². The van der Waals surface area contributed by atoms with Crippen LogP contribution < -0.4 is 4.74 Å². The molecule has 1 aromatic carbocycles. The zero-order valence-electron chi connectivity index (χ0n) is 10.5. The van der Waals surface area contributed by atoms with E-state index in [1.807, 2.05) is 12.1 Å². The molecule has 17 heavy (non-hydrogen) atoms. The molecule has 0 amide bonds. The van der Waals surface area contributed by atoms with Crippen LogP contribution in [0.2, 0.25) is 0 Å². The van der Waals surface area contributed by atoms with Crippen LogP contribution in [-0.4, -0.2) is 13.2 Å². The largest absolute Gasteiger partial charge is 0.495 e. The zero-order valence-corrected chi connectivity index (χ0v) is 12.1. The second-order valence-corrected chi connectivity index (χ2v) is 5.66. The minimum Gasteiger partial charge on any atom is -0.495 e. The summed E-state index contributed by atoms with van der Waals surface area (Å²) in [5.74, 6) is 0.719. The Morgan fingerprint density at radius 2 is 2.06 bits per heavy atom. The van der Waals surface area contributed by atoms with Gasteiger partial charge in [0.2, 0.25) is 6.08 Å². The van der Waals surface area contributed by atoms with E-state index in [0.29, 0.717) is 0 Å². The Kier molecular flexibility index (Phi) is 4.49. The minimum atomic E-state index is 0.0361. The molecule has 3 nitrogen and oxygen atoms in total. The van der Waals surface area contributed by atoms with Crippen molar-refractivity contribution in [3.8, 4) is 5.75 Å². The Bertz CT molecular complexity index is 457. The lowest BCUT2D eigenvalue weighted by Crippen LogP contribution is -2.12. The van der Waals surface area contributed by atoms with Crippen molar-refractivity contribution in [1.82, 2.24) is 0 Å². The van der Waals surface area contributed by atoms with Crippen LogP contribution in [0.25, 0.3) is 0 Å². The Hall–Kier alpha value is -1.12. The fourth-order valence-corrected chi connectivity index (χ4v) is 2.21. The molecule has 0 saturated heterocycles. The summed E-state index contributed by atoms with van der Waals surface area (Å²) in [5, 5.41) is 0. The van der Waals surface area contributed by atoms with Crippen LogP contribution in [0.3, 0.4) is 0 Å². The summed E-state index contributed by atoms with van der Waals surface area (Å²) < 4.78 is 6.18. The SMILES string of the molecule is COc1c(Br)cc(C(C)(C)C)cc1CN=C=O. The van der Waals surface area contributed by atoms with Gasteiger partial charge in [-0.25, -0.2) is 9.79 Å². The maximum Gasteiger partial charge on any atom is 0.235 e. The van der Waals surface area contributed by atoms with E-state index in [1.165, 1.54) is 5.56 Å². The predicted octanol–water partition coefficient (Wildman–Crippen LogP) is 3.59. The van der Waals surface area contributed by atoms with Gasteiger partial charge in [-0.05, 0) is 39.0 Å². The lowest BCUT2D eigenvalue weighted by Gasteiger charge is -2.21. The Balaban J connectivity index is 3.33. The summed E-state index contributed by atoms with van der Waals surface area (Å²) >= 11 is 3.48. The quantitative estimate of drug-likeness (QED) is 0.632. The van der Waals surface area contributed by atoms with Gasteiger partial charge in [0.15, 0.2) is 0 Å². The highest BCUT2D eigenvalue weighted by Crippen LogP contribution is 2.35. The average Bonchev–Trinajstić information content (AvgIpc) is 2.24. The number of methoxy groups -OCH3 is 1. The van der Waals surface area contributed by atoms with Gasteiger partial charge in [0.1, 0.15) is 5.75 Å². The normalized spacial score (nSPS) is 10.9. The number of nitrogens with zero attached hydrogens (tertiary/aromatic N) is 1. The number of aliphatic imine (C=N–C) groups is 1. The van der Waals surface area contributed by atoms with Crippen molar-refractivity contribution in [2.24, 2.45) is 4.99 Å². The summed E-state index contributed by atoms with van der Waals surface area (Å²) in [4.78, 5) is 13.8. The standard InChI is InChI=1S/C13H16BrNO2/c1-13(2,3)10-5-9(7-15-8-16)12(17-4)11(14)6-10/h5-6H,7H2,1-4H3. The van der Waals surface area contributed by atoms with Gasteiger partial charge in [0.05, 0.1) is 18.1 Å². The zero-order chi connectivity index (χ0) is 13.1. The van der Waals surface area contributed by atoms with Crippen LogP contribution in [-0.2, 0) is 16.8 Å². The molecule has 1 aromatic rings. The number of benzene rings is 1. The number of hydrogen-bond donors (Lipinski definition) is 0. The van der Waals surface area contributed by atoms with E-state index in [0.717, 1.165) is 15.8 Å². The van der Waals surface area contributed by atoms with Gasteiger partial charge in [0, 0.05) is 5.56 Å². The Morgan fingerprint density at radius 1 is 1.41 bits per heavy atom. The van der Waals surface area contributed by atoms with Gasteiger partial charge in [-0.2, -0.15) is 0 Å². The van der Waals surface area contributed by atoms with Crippen molar-refractivity contribution >= 4 is 22.0 Å². The molecule has 0 fully saturated rings. The molecule has 1 rings (SSSR count). The first kappa shape index (κ1) is 13.9. The molecule has 0 spiro atoms. The number of isocyanates is 1. The Morgan fingerprint density at radius 3 is 2.53 bits per heavy atom. The molecule has 0 atom stereocenters. The lowest BCUT2D eigenvalue weighted by atomic mass is 9.86. The maximum atomic E-state index is 10.2. The summed E-state index contributed by atoms with van der Waals surface area (Å²) in [7, 11) is 1.60. The fraction of sp³-hybridized carbons (Fsp3) is 0.462. The second kappa shape index (κ2) is 5.48. The minimum absolute atomic E-state index is 0.0361. The monoisotopic (exact) mass is 297 g/mol. The number of ether oxygens (including phenoxy) is 1. The summed E-state index contributed by atoms with van der Waals surface area (Å²) in [5.41, 5.74) is 2.09. The first-order valence-corrected chi connectivity index (χ1v) is 6.10. The number of rotatable bonds is 3. The molecular formula is C13H16BrNO2. The highest BCUT2D eigenvalue weighted by atomic mass is 79.9. The fourth-order valence-electron chi connectivity index (χ4n) is 1.55. The van der Waals surface area contributed by atoms with Crippen LogP contribution in [0.4, 0.5) is 0 Å². The lowest BCUT2D eigenvalue weighted by molar-refractivity contribution is 0.406. The van der Waals surface area contributed by atoms with Crippen molar-refractivity contribution in [3.63, 3.8) is 0 Å². The molecule has 0 aromatic heterocycles. The number of hydrogen-bond acceptors (Lipinski definition) is 3. The van der Waals surface area contributed by atoms with Crippen molar-refractivity contribution in [1.29, 1.82) is 0 Å². The van der Waals surface area contributed by atoms with Crippen molar-refractivity contribution < 1.29 is 9.53 Å². The van der Waals surface area contributed by atoms with Gasteiger partial charge in [-0.15, -0.1) is 0 Å². The summed E-state index contributed by atoms with van der Waals surface area (Å²) in [6.45, 7) is 6.69. The van der Waals surface area contributed by atoms with Crippen LogP contribution >= 0.6 is 15.9 Å². The predicted molar refractivity (Wildman–Crippen MR) is 71.2 cm³/mol. The van der Waals surface area contributed by atoms with Gasteiger partial charge >= 0.3 is 0 Å². The molecule has 92 valence electrons. The Labute approximate surface area is 110 Å². The van der Waals surface area contributed by atoms with E-state index >= 15 is 0 Å². The van der Waals surface area contributed by atoms with E-state index in [-0.39, 0.29) is 12.0 Å². The van der Waals surface area contributed by atoms with Gasteiger partial charge < -0.3 is 4.74 Å². The van der Waals surface area contributed by atoms with Crippen molar-refractivity contribution in [3.05, 3.63) is 27.7 Å². The third kappa shape index (κ3) is 3.42. The van der Waals surface area contributed by atoms with Crippen molar-refractivity contribution in [2.45, 2.75) is 32.7 Å². The first-order chi connectivity index (χ1) is 7.90. The molecule has 0 aliphatic carbocycles. The summed E-state index contributed by atoms with van der Waals surface area (Å²) in [6, 6.07) is 4.05. The number of halogens is 1.